The molecule has 5 heteroatoms. The molecule has 2 N–H and O–H groups in total. The molecular weight excluding hydrogens is 266 g/mol. The lowest BCUT2D eigenvalue weighted by Gasteiger charge is -2.27. The minimum absolute atomic E-state index is 0.0127. The number of amides is 1. The molecule has 0 bridgehead atoms. The van der Waals surface area contributed by atoms with Gasteiger partial charge in [0.25, 0.3) is 0 Å². The van der Waals surface area contributed by atoms with E-state index in [4.69, 9.17) is 4.74 Å². The number of hydrogen-bond acceptors (Lipinski definition) is 4. The lowest BCUT2D eigenvalue weighted by molar-refractivity contribution is -0.117. The van der Waals surface area contributed by atoms with E-state index >= 15 is 0 Å². The molecule has 1 amide bonds. The van der Waals surface area contributed by atoms with E-state index in [0.717, 1.165) is 43.1 Å². The molecule has 116 valence electrons. The molecule has 0 spiro atoms. The maximum atomic E-state index is 12.2. The van der Waals surface area contributed by atoms with Gasteiger partial charge in [-0.15, -0.1) is 0 Å². The van der Waals surface area contributed by atoms with E-state index in [1.54, 1.807) is 0 Å². The van der Waals surface area contributed by atoms with Crippen LogP contribution in [0.25, 0.3) is 0 Å². The summed E-state index contributed by atoms with van der Waals surface area (Å²) in [6.45, 7) is 7.64. The fourth-order valence-electron chi connectivity index (χ4n) is 2.58. The van der Waals surface area contributed by atoms with Gasteiger partial charge >= 0.3 is 0 Å². The predicted molar refractivity (Wildman–Crippen MR) is 84.7 cm³/mol. The van der Waals surface area contributed by atoms with Crippen LogP contribution in [0.1, 0.15) is 11.1 Å². The second-order valence-corrected chi connectivity index (χ2v) is 5.71. The molecule has 0 radical (unpaired) electrons. The second kappa shape index (κ2) is 7.54. The fraction of sp³-hybridized carbons (Fsp3) is 0.562. The van der Waals surface area contributed by atoms with Gasteiger partial charge in [-0.2, -0.15) is 0 Å². The molecule has 0 aromatic heterocycles. The number of ether oxygens (including phenoxy) is 1. The largest absolute Gasteiger partial charge is 0.374 e. The summed E-state index contributed by atoms with van der Waals surface area (Å²) in [5.41, 5.74) is 3.10. The number of hydrogen-bond donors (Lipinski definition) is 2. The quantitative estimate of drug-likeness (QED) is 0.855. The Kier molecular flexibility index (Phi) is 5.73. The smallest absolute Gasteiger partial charge is 0.238 e. The summed E-state index contributed by atoms with van der Waals surface area (Å²) >= 11 is 0. The SMILES string of the molecule is Cc1cccc(C)c1NC(=O)CN(C)CC1CNCCO1. The highest BCUT2D eigenvalue weighted by Gasteiger charge is 2.17. The van der Waals surface area contributed by atoms with Crippen molar-refractivity contribution in [3.05, 3.63) is 29.3 Å². The Balaban J connectivity index is 1.83. The summed E-state index contributed by atoms with van der Waals surface area (Å²) in [6.07, 6.45) is 0.164. The van der Waals surface area contributed by atoms with Crippen LogP contribution in [-0.4, -0.2) is 56.7 Å². The summed E-state index contributed by atoms with van der Waals surface area (Å²) in [5, 5.41) is 6.31. The van der Waals surface area contributed by atoms with Crippen molar-refractivity contribution in [3.63, 3.8) is 0 Å². The van der Waals surface area contributed by atoms with Gasteiger partial charge in [0.2, 0.25) is 5.91 Å². The zero-order valence-electron chi connectivity index (χ0n) is 13.1. The van der Waals surface area contributed by atoms with E-state index in [9.17, 15) is 4.79 Å². The van der Waals surface area contributed by atoms with Crippen molar-refractivity contribution in [2.24, 2.45) is 0 Å². The first kappa shape index (κ1) is 15.9. The van der Waals surface area contributed by atoms with Crippen LogP contribution in [0.15, 0.2) is 18.2 Å². The molecule has 0 saturated carbocycles. The number of rotatable bonds is 5. The van der Waals surface area contributed by atoms with Gasteiger partial charge in [-0.05, 0) is 32.0 Å². The first-order valence-corrected chi connectivity index (χ1v) is 7.43. The molecule has 21 heavy (non-hydrogen) atoms. The molecule has 1 atom stereocenters. The van der Waals surface area contributed by atoms with E-state index < -0.39 is 0 Å². The average molecular weight is 291 g/mol. The van der Waals surface area contributed by atoms with Gasteiger partial charge in [0.15, 0.2) is 0 Å². The highest BCUT2D eigenvalue weighted by atomic mass is 16.5. The Labute approximate surface area is 126 Å². The molecule has 1 aromatic rings. The number of carbonyl (C=O) groups is 1. The number of para-hydroxylation sites is 1. The van der Waals surface area contributed by atoms with Gasteiger partial charge in [0.05, 0.1) is 19.3 Å². The average Bonchev–Trinajstić information content (AvgIpc) is 2.44. The van der Waals surface area contributed by atoms with Crippen LogP contribution in [-0.2, 0) is 9.53 Å². The van der Waals surface area contributed by atoms with Gasteiger partial charge in [-0.3, -0.25) is 9.69 Å². The normalized spacial score (nSPS) is 18.8. The molecule has 1 saturated heterocycles. The Bertz CT molecular complexity index is 464. The lowest BCUT2D eigenvalue weighted by Crippen LogP contribution is -2.45. The summed E-state index contributed by atoms with van der Waals surface area (Å²) < 4.78 is 5.65. The number of anilines is 1. The molecular formula is C16H25N3O2. The molecule has 1 unspecified atom stereocenters. The van der Waals surface area contributed by atoms with E-state index in [-0.39, 0.29) is 12.0 Å². The Morgan fingerprint density at radius 1 is 1.43 bits per heavy atom. The predicted octanol–water partition coefficient (Wildman–Crippen LogP) is 1.16. The van der Waals surface area contributed by atoms with Crippen molar-refractivity contribution < 1.29 is 9.53 Å². The maximum absolute atomic E-state index is 12.2. The van der Waals surface area contributed by atoms with Crippen molar-refractivity contribution in [1.29, 1.82) is 0 Å². The molecule has 1 aliphatic heterocycles. The van der Waals surface area contributed by atoms with Gasteiger partial charge in [-0.25, -0.2) is 0 Å². The van der Waals surface area contributed by atoms with Crippen molar-refractivity contribution in [3.8, 4) is 0 Å². The number of morpholine rings is 1. The standard InChI is InChI=1S/C16H25N3O2/c1-12-5-4-6-13(2)16(12)18-15(20)11-19(3)10-14-9-17-7-8-21-14/h4-6,14,17H,7-11H2,1-3H3,(H,18,20). The Morgan fingerprint density at radius 2 is 2.14 bits per heavy atom. The second-order valence-electron chi connectivity index (χ2n) is 5.71. The van der Waals surface area contributed by atoms with Crippen LogP contribution in [0.4, 0.5) is 5.69 Å². The van der Waals surface area contributed by atoms with E-state index in [2.05, 4.69) is 10.6 Å². The zero-order chi connectivity index (χ0) is 15.2. The Morgan fingerprint density at radius 3 is 2.76 bits per heavy atom. The van der Waals surface area contributed by atoms with Crippen LogP contribution in [0.5, 0.6) is 0 Å². The minimum Gasteiger partial charge on any atom is -0.374 e. The molecule has 1 fully saturated rings. The molecule has 1 aromatic carbocycles. The summed E-state index contributed by atoms with van der Waals surface area (Å²) in [7, 11) is 1.95. The highest BCUT2D eigenvalue weighted by Crippen LogP contribution is 2.19. The maximum Gasteiger partial charge on any atom is 0.238 e. The third-order valence-corrected chi connectivity index (χ3v) is 3.68. The van der Waals surface area contributed by atoms with Crippen molar-refractivity contribution in [2.45, 2.75) is 20.0 Å². The summed E-state index contributed by atoms with van der Waals surface area (Å²) in [5.74, 6) is 0.0127. The molecule has 2 rings (SSSR count). The van der Waals surface area contributed by atoms with E-state index in [1.807, 2.05) is 44.0 Å². The summed E-state index contributed by atoms with van der Waals surface area (Å²) in [6, 6.07) is 6.02. The number of likely N-dealkylation sites (N-methyl/N-ethyl adjacent to an activating group) is 1. The summed E-state index contributed by atoms with van der Waals surface area (Å²) in [4.78, 5) is 14.2. The van der Waals surface area contributed by atoms with Crippen LogP contribution >= 0.6 is 0 Å². The van der Waals surface area contributed by atoms with E-state index in [1.165, 1.54) is 0 Å². The topological polar surface area (TPSA) is 53.6 Å². The lowest BCUT2D eigenvalue weighted by atomic mass is 10.1. The number of aryl methyl sites for hydroxylation is 2. The third-order valence-electron chi connectivity index (χ3n) is 3.68. The number of benzene rings is 1. The van der Waals surface area contributed by atoms with Crippen LogP contribution < -0.4 is 10.6 Å². The monoisotopic (exact) mass is 291 g/mol. The van der Waals surface area contributed by atoms with Gasteiger partial charge in [0.1, 0.15) is 0 Å². The van der Waals surface area contributed by atoms with Gasteiger partial charge in [-0.1, -0.05) is 18.2 Å². The number of carbonyl (C=O) groups excluding carboxylic acids is 1. The van der Waals surface area contributed by atoms with Crippen molar-refractivity contribution in [2.75, 3.05) is 45.2 Å². The molecule has 1 aliphatic rings. The number of nitrogens with one attached hydrogen (secondary N) is 2. The molecule has 0 aliphatic carbocycles. The Hall–Kier alpha value is -1.43. The number of nitrogens with zero attached hydrogens (tertiary/aromatic N) is 1. The zero-order valence-corrected chi connectivity index (χ0v) is 13.1. The van der Waals surface area contributed by atoms with Crippen LogP contribution in [0, 0.1) is 13.8 Å². The van der Waals surface area contributed by atoms with Crippen molar-refractivity contribution >= 4 is 11.6 Å². The third kappa shape index (κ3) is 4.81. The fourth-order valence-corrected chi connectivity index (χ4v) is 2.58. The first-order valence-electron chi connectivity index (χ1n) is 7.43. The van der Waals surface area contributed by atoms with Gasteiger partial charge < -0.3 is 15.4 Å². The van der Waals surface area contributed by atoms with Crippen LogP contribution in [0.3, 0.4) is 0 Å². The molecule has 1 heterocycles. The first-order chi connectivity index (χ1) is 10.1. The molecule has 5 nitrogen and oxygen atoms in total. The van der Waals surface area contributed by atoms with Crippen molar-refractivity contribution in [1.82, 2.24) is 10.2 Å². The van der Waals surface area contributed by atoms with Crippen LogP contribution in [0.2, 0.25) is 0 Å². The van der Waals surface area contributed by atoms with E-state index in [0.29, 0.717) is 6.54 Å². The minimum atomic E-state index is 0.0127. The van der Waals surface area contributed by atoms with Gasteiger partial charge in [0, 0.05) is 25.3 Å². The highest BCUT2D eigenvalue weighted by molar-refractivity contribution is 5.93.